The van der Waals surface area contributed by atoms with Gasteiger partial charge in [0.1, 0.15) is 0 Å². The Kier molecular flexibility index (Phi) is 13.8. The number of hydrogen-bond donors (Lipinski definition) is 4. The predicted molar refractivity (Wildman–Crippen MR) is 132 cm³/mol. The summed E-state index contributed by atoms with van der Waals surface area (Å²) in [5, 5.41) is 7.19. The maximum atomic E-state index is 8.78. The van der Waals surface area contributed by atoms with Gasteiger partial charge in [-0.05, 0) is 81.5 Å². The largest absolute Gasteiger partial charge is 0.465 e. The molecule has 0 aliphatic heterocycles. The summed E-state index contributed by atoms with van der Waals surface area (Å²) in [6.45, 7) is 4.47. The zero-order valence-electron chi connectivity index (χ0n) is 20.7. The van der Waals surface area contributed by atoms with Crippen molar-refractivity contribution in [2.75, 3.05) is 0 Å². The Morgan fingerprint density at radius 2 is 1.10 bits per heavy atom. The van der Waals surface area contributed by atoms with Gasteiger partial charge in [0.05, 0.1) is 0 Å². The van der Waals surface area contributed by atoms with Crippen molar-refractivity contribution in [1.29, 1.82) is 0 Å². The van der Waals surface area contributed by atoms with Crippen molar-refractivity contribution < 1.29 is 9.90 Å². The molecular formula is C26H53N3O2. The average Bonchev–Trinajstić information content (AvgIpc) is 2.74. The lowest BCUT2D eigenvalue weighted by Gasteiger charge is -2.48. The number of amides is 1. The van der Waals surface area contributed by atoms with E-state index in [0.717, 1.165) is 12.8 Å². The minimum absolute atomic E-state index is 0.421. The second kappa shape index (κ2) is 15.1. The lowest BCUT2D eigenvalue weighted by Crippen LogP contribution is -2.36. The van der Waals surface area contributed by atoms with Crippen molar-refractivity contribution in [2.45, 2.75) is 148 Å². The topological polar surface area (TPSA) is 115 Å². The summed E-state index contributed by atoms with van der Waals surface area (Å²) >= 11 is 0. The molecule has 5 heteroatoms. The maximum absolute atomic E-state index is 8.78. The Morgan fingerprint density at radius 3 is 1.39 bits per heavy atom. The first-order chi connectivity index (χ1) is 14.8. The Labute approximate surface area is 192 Å². The predicted octanol–water partition coefficient (Wildman–Crippen LogP) is 6.72. The molecule has 0 aromatic carbocycles. The highest BCUT2D eigenvalue weighted by Gasteiger charge is 2.41. The lowest BCUT2D eigenvalue weighted by atomic mass is 9.57. The monoisotopic (exact) mass is 439 g/mol. The Bertz CT molecular complexity index is 431. The maximum Gasteiger partial charge on any atom is 0.402 e. The van der Waals surface area contributed by atoms with E-state index in [2.05, 4.69) is 19.6 Å². The third-order valence-electron chi connectivity index (χ3n) is 8.19. The molecule has 0 saturated heterocycles. The first-order valence-corrected chi connectivity index (χ1v) is 13.3. The number of hydrogen-bond acceptors (Lipinski definition) is 3. The van der Waals surface area contributed by atoms with E-state index in [9.17, 15) is 0 Å². The van der Waals surface area contributed by atoms with Crippen LogP contribution in [-0.4, -0.2) is 23.3 Å². The van der Waals surface area contributed by atoms with Crippen LogP contribution in [0, 0.1) is 10.8 Å². The van der Waals surface area contributed by atoms with Gasteiger partial charge in [-0.1, -0.05) is 65.2 Å². The molecule has 0 spiro atoms. The summed E-state index contributed by atoms with van der Waals surface area (Å²) < 4.78 is 0. The van der Waals surface area contributed by atoms with Gasteiger partial charge in [-0.3, -0.25) is 0 Å². The van der Waals surface area contributed by atoms with Gasteiger partial charge < -0.3 is 22.3 Å². The van der Waals surface area contributed by atoms with Crippen molar-refractivity contribution in [2.24, 2.45) is 28.0 Å². The number of carbonyl (C=O) groups is 1. The smallest absolute Gasteiger partial charge is 0.402 e. The number of rotatable bonds is 12. The molecular weight excluding hydrogens is 386 g/mol. The minimum atomic E-state index is -1.33. The van der Waals surface area contributed by atoms with E-state index in [1.807, 2.05) is 0 Å². The summed E-state index contributed by atoms with van der Waals surface area (Å²) in [7, 11) is 0. The summed E-state index contributed by atoms with van der Waals surface area (Å²) in [5.41, 5.74) is 17.8. The molecule has 184 valence electrons. The van der Waals surface area contributed by atoms with Crippen molar-refractivity contribution in [3.05, 3.63) is 0 Å². The molecule has 0 radical (unpaired) electrons. The molecule has 0 bridgehead atoms. The standard InChI is InChI=1S/C25H50N2.CH3NO2/c1-3-22(26)13-11-19-24(15-7-5-8-16-24)21-25(17-9-6-10-18-25)20-12-14-23(27)4-2;2-1(3)4/h22-23H,3-21,26-27H2,1-2H3;2H2,(H,3,4). The Morgan fingerprint density at radius 1 is 0.774 bits per heavy atom. The Hall–Kier alpha value is -0.810. The first-order valence-electron chi connectivity index (χ1n) is 13.3. The van der Waals surface area contributed by atoms with Crippen molar-refractivity contribution >= 4 is 6.09 Å². The van der Waals surface area contributed by atoms with E-state index >= 15 is 0 Å². The summed E-state index contributed by atoms with van der Waals surface area (Å²) in [6.07, 6.45) is 25.3. The molecule has 2 rings (SSSR count). The van der Waals surface area contributed by atoms with Crippen LogP contribution in [0.5, 0.6) is 0 Å². The quantitative estimate of drug-likeness (QED) is 0.270. The van der Waals surface area contributed by atoms with Gasteiger partial charge in [0.25, 0.3) is 0 Å². The summed E-state index contributed by atoms with van der Waals surface area (Å²) in [5.74, 6) is 0. The number of carboxylic acid groups (broad SMARTS) is 1. The second-order valence-electron chi connectivity index (χ2n) is 10.8. The van der Waals surface area contributed by atoms with Gasteiger partial charge in [-0.15, -0.1) is 0 Å². The lowest BCUT2D eigenvalue weighted by molar-refractivity contribution is 0.0378. The van der Waals surface area contributed by atoms with Crippen LogP contribution in [0.4, 0.5) is 4.79 Å². The zero-order chi connectivity index (χ0) is 23.2. The molecule has 2 aliphatic carbocycles. The van der Waals surface area contributed by atoms with Crippen LogP contribution in [0.1, 0.15) is 136 Å². The van der Waals surface area contributed by atoms with Crippen molar-refractivity contribution in [3.8, 4) is 0 Å². The summed E-state index contributed by atoms with van der Waals surface area (Å²) in [6, 6.07) is 0.842. The molecule has 0 aromatic heterocycles. The van der Waals surface area contributed by atoms with Gasteiger partial charge >= 0.3 is 6.09 Å². The van der Waals surface area contributed by atoms with Crippen LogP contribution >= 0.6 is 0 Å². The van der Waals surface area contributed by atoms with Crippen molar-refractivity contribution in [1.82, 2.24) is 0 Å². The van der Waals surface area contributed by atoms with Crippen LogP contribution in [0.25, 0.3) is 0 Å². The van der Waals surface area contributed by atoms with Crippen LogP contribution in [0.15, 0.2) is 0 Å². The van der Waals surface area contributed by atoms with E-state index in [-0.39, 0.29) is 0 Å². The molecule has 2 aliphatic rings. The molecule has 2 atom stereocenters. The van der Waals surface area contributed by atoms with Crippen LogP contribution in [-0.2, 0) is 0 Å². The van der Waals surface area contributed by atoms with Gasteiger partial charge in [-0.25, -0.2) is 4.79 Å². The van der Waals surface area contributed by atoms with E-state index in [4.69, 9.17) is 21.4 Å². The third-order valence-corrected chi connectivity index (χ3v) is 8.19. The highest BCUT2D eigenvalue weighted by Crippen LogP contribution is 2.54. The van der Waals surface area contributed by atoms with E-state index in [1.54, 1.807) is 0 Å². The van der Waals surface area contributed by atoms with Gasteiger partial charge in [0, 0.05) is 12.1 Å². The highest BCUT2D eigenvalue weighted by molar-refractivity contribution is 5.61. The molecule has 5 nitrogen and oxygen atoms in total. The molecule has 2 unspecified atom stereocenters. The summed E-state index contributed by atoms with van der Waals surface area (Å²) in [4.78, 5) is 8.78. The average molecular weight is 440 g/mol. The highest BCUT2D eigenvalue weighted by atomic mass is 16.4. The van der Waals surface area contributed by atoms with Crippen molar-refractivity contribution in [3.63, 3.8) is 0 Å². The molecule has 1 amide bonds. The van der Waals surface area contributed by atoms with E-state index in [1.165, 1.54) is 109 Å². The molecule has 0 aromatic rings. The molecule has 0 heterocycles. The van der Waals surface area contributed by atoms with E-state index in [0.29, 0.717) is 22.9 Å². The normalized spacial score (nSPS) is 22.1. The van der Waals surface area contributed by atoms with Gasteiger partial charge in [0.15, 0.2) is 0 Å². The molecule has 2 fully saturated rings. The van der Waals surface area contributed by atoms with Crippen LogP contribution in [0.2, 0.25) is 0 Å². The van der Waals surface area contributed by atoms with Crippen LogP contribution in [0.3, 0.4) is 0 Å². The first kappa shape index (κ1) is 28.2. The fourth-order valence-corrected chi connectivity index (χ4v) is 6.32. The fraction of sp³-hybridized carbons (Fsp3) is 0.962. The van der Waals surface area contributed by atoms with Gasteiger partial charge in [-0.2, -0.15) is 0 Å². The fourth-order valence-electron chi connectivity index (χ4n) is 6.32. The number of nitrogens with two attached hydrogens (primary N) is 3. The SMILES string of the molecule is CCC(N)CCCC1(CC2(CCCC(N)CC)CCCCC2)CCCCC1.NC(=O)O. The molecule has 2 saturated carbocycles. The zero-order valence-corrected chi connectivity index (χ0v) is 20.7. The molecule has 31 heavy (non-hydrogen) atoms. The number of primary amides is 1. The Balaban J connectivity index is 0.00000110. The molecule has 7 N–H and O–H groups in total. The second-order valence-corrected chi connectivity index (χ2v) is 10.8. The van der Waals surface area contributed by atoms with Gasteiger partial charge in [0.2, 0.25) is 0 Å². The third kappa shape index (κ3) is 11.6. The minimum Gasteiger partial charge on any atom is -0.465 e. The van der Waals surface area contributed by atoms with E-state index < -0.39 is 6.09 Å². The van der Waals surface area contributed by atoms with Crippen LogP contribution < -0.4 is 17.2 Å².